The molecule has 0 heterocycles. The van der Waals surface area contributed by atoms with Crippen molar-refractivity contribution in [1.29, 1.82) is 0 Å². The maximum Gasteiger partial charge on any atom is 0.472 e. The molecule has 4 N–H and O–H groups in total. The SMILES string of the molecule is CC/C=C\C/C=C\C/C=C\C/C=C\C/C=C\CCCC(=O)OC(COC(=O)CCCCCCC/C=C\C/C=C\C/C=C\C/C=C\CCCCC)COP(=O)(O)OCC(O)COP(=O)(O)OCC(O)COC(=O)CCCCCCCCCCCCCCCCCCC/C=C\C/C=C\C/C=C\C/C=C\CCCCC. The summed E-state index contributed by atoms with van der Waals surface area (Å²) in [6.45, 7) is 2.43. The van der Waals surface area contributed by atoms with Gasteiger partial charge in [0.25, 0.3) is 0 Å². The average molecular weight is 1540 g/mol. The van der Waals surface area contributed by atoms with Crippen molar-refractivity contribution in [2.24, 2.45) is 0 Å². The van der Waals surface area contributed by atoms with E-state index in [-0.39, 0.29) is 19.3 Å². The van der Waals surface area contributed by atoms with Crippen molar-refractivity contribution in [3.05, 3.63) is 158 Å². The number of carbonyl (C=O) groups excluding carboxylic acids is 3. The van der Waals surface area contributed by atoms with Gasteiger partial charge in [-0.05, 0) is 148 Å². The van der Waals surface area contributed by atoms with Crippen LogP contribution in [0.3, 0.4) is 0 Å². The Morgan fingerprint density at radius 2 is 0.505 bits per heavy atom. The molecule has 0 aliphatic rings. The molecule has 5 atom stereocenters. The molecule has 16 nitrogen and oxygen atoms in total. The Kier molecular flexibility index (Phi) is 77.0. The second-order valence-electron chi connectivity index (χ2n) is 27.5. The van der Waals surface area contributed by atoms with Crippen molar-refractivity contribution in [3.8, 4) is 0 Å². The van der Waals surface area contributed by atoms with Gasteiger partial charge in [-0.2, -0.15) is 0 Å². The summed E-state index contributed by atoms with van der Waals surface area (Å²) in [6, 6.07) is 0. The molecule has 0 amide bonds. The summed E-state index contributed by atoms with van der Waals surface area (Å²) in [7, 11) is -9.83. The van der Waals surface area contributed by atoms with Crippen LogP contribution in [0.4, 0.5) is 0 Å². The van der Waals surface area contributed by atoms with Gasteiger partial charge in [0.2, 0.25) is 0 Å². The number of hydrogen-bond acceptors (Lipinski definition) is 14. The maximum atomic E-state index is 13.0. The Labute approximate surface area is 650 Å². The monoisotopic (exact) mass is 1540 g/mol. The van der Waals surface area contributed by atoms with Crippen molar-refractivity contribution in [1.82, 2.24) is 0 Å². The van der Waals surface area contributed by atoms with E-state index in [4.69, 9.17) is 32.3 Å². The van der Waals surface area contributed by atoms with Gasteiger partial charge in [-0.25, -0.2) is 9.13 Å². The highest BCUT2D eigenvalue weighted by Crippen LogP contribution is 2.45. The minimum atomic E-state index is -4.96. The first-order valence-electron chi connectivity index (χ1n) is 41.8. The first kappa shape index (κ1) is 102. The van der Waals surface area contributed by atoms with Gasteiger partial charge in [0.05, 0.1) is 26.4 Å². The van der Waals surface area contributed by atoms with Crippen LogP contribution < -0.4 is 0 Å². The Balaban J connectivity index is 4.53. The van der Waals surface area contributed by atoms with Gasteiger partial charge in [-0.15, -0.1) is 0 Å². The zero-order valence-electron chi connectivity index (χ0n) is 67.0. The highest BCUT2D eigenvalue weighted by atomic mass is 31.2. The maximum absolute atomic E-state index is 13.0. The van der Waals surface area contributed by atoms with Gasteiger partial charge in [-0.3, -0.25) is 32.5 Å². The average Bonchev–Trinajstić information content (AvgIpc) is 0.906. The second kappa shape index (κ2) is 80.7. The number of unbranched alkanes of at least 4 members (excludes halogenated alkanes) is 29. The molecule has 0 aliphatic carbocycles. The summed E-state index contributed by atoms with van der Waals surface area (Å²) < 4.78 is 61.1. The molecule has 612 valence electrons. The molecule has 0 aromatic carbocycles. The number of phosphoric acid groups is 2. The number of esters is 3. The van der Waals surface area contributed by atoms with Crippen LogP contribution in [-0.2, 0) is 55.8 Å². The molecule has 0 saturated carbocycles. The molecule has 0 radical (unpaired) electrons. The van der Waals surface area contributed by atoms with Gasteiger partial charge < -0.3 is 34.2 Å². The molecule has 0 bridgehead atoms. The molecular formula is C89H150O16P2. The molecule has 107 heavy (non-hydrogen) atoms. The molecule has 5 unspecified atom stereocenters. The fraction of sp³-hybridized carbons (Fsp3) is 0.674. The lowest BCUT2D eigenvalue weighted by Gasteiger charge is -2.21. The third-order valence-electron chi connectivity index (χ3n) is 17.2. The largest absolute Gasteiger partial charge is 0.472 e. The fourth-order valence-corrected chi connectivity index (χ4v) is 12.5. The number of hydrogen-bond donors (Lipinski definition) is 4. The van der Waals surface area contributed by atoms with Crippen LogP contribution in [0, 0.1) is 0 Å². The number of aliphatic hydroxyl groups is 2. The Morgan fingerprint density at radius 3 is 0.813 bits per heavy atom. The van der Waals surface area contributed by atoms with Gasteiger partial charge in [0.1, 0.15) is 25.4 Å². The molecule has 0 saturated heterocycles. The van der Waals surface area contributed by atoms with Gasteiger partial charge in [0.15, 0.2) is 6.10 Å². The first-order chi connectivity index (χ1) is 52.2. The molecule has 0 rings (SSSR count). The predicted molar refractivity (Wildman–Crippen MR) is 445 cm³/mol. The highest BCUT2D eigenvalue weighted by molar-refractivity contribution is 7.47. The number of phosphoric ester groups is 2. The Hall–Kier alpha value is -4.83. The third-order valence-corrected chi connectivity index (χ3v) is 19.1. The minimum absolute atomic E-state index is 0.0171. The molecule has 0 aromatic heterocycles. The summed E-state index contributed by atoms with van der Waals surface area (Å²) in [5.41, 5.74) is 0. The van der Waals surface area contributed by atoms with Gasteiger partial charge >= 0.3 is 33.6 Å². The topological polar surface area (TPSA) is 231 Å². The number of rotatable bonds is 78. The number of carbonyl (C=O) groups is 3. The Morgan fingerprint density at radius 1 is 0.271 bits per heavy atom. The normalized spacial score (nSPS) is 14.7. The number of allylic oxidation sites excluding steroid dienone is 26. The van der Waals surface area contributed by atoms with Crippen LogP contribution in [0.15, 0.2) is 158 Å². The summed E-state index contributed by atoms with van der Waals surface area (Å²) in [5, 5.41) is 20.7. The van der Waals surface area contributed by atoms with Crippen molar-refractivity contribution < 1.29 is 75.8 Å². The van der Waals surface area contributed by atoms with Crippen molar-refractivity contribution in [3.63, 3.8) is 0 Å². The van der Waals surface area contributed by atoms with E-state index < -0.39 is 91.5 Å². The van der Waals surface area contributed by atoms with E-state index in [1.807, 2.05) is 12.2 Å². The first-order valence-corrected chi connectivity index (χ1v) is 44.8. The lowest BCUT2D eigenvalue weighted by molar-refractivity contribution is -0.161. The van der Waals surface area contributed by atoms with Crippen LogP contribution in [0.1, 0.15) is 329 Å². The summed E-state index contributed by atoms with van der Waals surface area (Å²) >= 11 is 0. The van der Waals surface area contributed by atoms with E-state index in [1.54, 1.807) is 0 Å². The van der Waals surface area contributed by atoms with Crippen LogP contribution in [-0.4, -0.2) is 95.9 Å². The van der Waals surface area contributed by atoms with E-state index in [0.717, 1.165) is 122 Å². The molecule has 0 spiro atoms. The quantitative estimate of drug-likeness (QED) is 0.0146. The van der Waals surface area contributed by atoms with Gasteiger partial charge in [0, 0.05) is 19.3 Å². The van der Waals surface area contributed by atoms with Gasteiger partial charge in [-0.1, -0.05) is 320 Å². The number of ether oxygens (including phenoxy) is 3. The summed E-state index contributed by atoms with van der Waals surface area (Å²) in [5.74, 6) is -1.67. The van der Waals surface area contributed by atoms with Crippen molar-refractivity contribution in [2.75, 3.05) is 39.6 Å². The predicted octanol–water partition coefficient (Wildman–Crippen LogP) is 25.0. The summed E-state index contributed by atoms with van der Waals surface area (Å²) in [4.78, 5) is 58.7. The van der Waals surface area contributed by atoms with E-state index in [1.165, 1.54) is 141 Å². The lowest BCUT2D eigenvalue weighted by Crippen LogP contribution is -2.30. The zero-order chi connectivity index (χ0) is 78.0. The minimum Gasteiger partial charge on any atom is -0.463 e. The summed E-state index contributed by atoms with van der Waals surface area (Å²) in [6.07, 6.45) is 102. The lowest BCUT2D eigenvalue weighted by atomic mass is 10.0. The van der Waals surface area contributed by atoms with Crippen LogP contribution in [0.5, 0.6) is 0 Å². The van der Waals surface area contributed by atoms with Crippen LogP contribution >= 0.6 is 15.6 Å². The van der Waals surface area contributed by atoms with E-state index in [2.05, 4.69) is 167 Å². The molecular weight excluding hydrogens is 1390 g/mol. The third kappa shape index (κ3) is 82.0. The molecule has 0 aliphatic heterocycles. The molecule has 18 heteroatoms. The van der Waals surface area contributed by atoms with Crippen LogP contribution in [0.25, 0.3) is 0 Å². The second-order valence-corrected chi connectivity index (χ2v) is 30.4. The molecule has 0 fully saturated rings. The number of aliphatic hydroxyl groups excluding tert-OH is 2. The van der Waals surface area contributed by atoms with Crippen molar-refractivity contribution >= 4 is 33.6 Å². The Bertz CT molecular complexity index is 2580. The van der Waals surface area contributed by atoms with Crippen molar-refractivity contribution in [2.45, 2.75) is 347 Å². The van der Waals surface area contributed by atoms with E-state index in [9.17, 15) is 43.5 Å². The smallest absolute Gasteiger partial charge is 0.463 e. The van der Waals surface area contributed by atoms with Crippen LogP contribution in [0.2, 0.25) is 0 Å². The zero-order valence-corrected chi connectivity index (χ0v) is 68.8. The molecule has 0 aromatic rings. The van der Waals surface area contributed by atoms with E-state index >= 15 is 0 Å². The highest BCUT2D eigenvalue weighted by Gasteiger charge is 2.29. The van der Waals surface area contributed by atoms with E-state index in [0.29, 0.717) is 25.7 Å². The fourth-order valence-electron chi connectivity index (χ4n) is 10.9. The standard InChI is InChI=1S/C89H150O16P2/c1-4-7-10-13-16-19-22-25-28-31-33-35-36-37-38-39-40-41-42-43-44-45-46-48-50-52-54-57-60-63-66-69-72-75-87(92)99-78-84(90)79-101-106(95,96)102-80-85(91)81-103-107(97,98)104-83-86(105-89(94)77-74-71-68-65-62-59-56-51-30-27-24-21-18-15-12-9-6-3)82-100-88(93)76-73-70-67-64-61-58-55-53-49-47-34-32-29-26-23-20-17-14-11-8-5-2/h9,12,16-21,25-30,33-35,37-38,47,53,55-56,59,65,68,84-86,90-91H,4-8,10-11,13-15,22-24,31-32,36,39-46,48-52,54,57-58,60-64,66-67,69-83H2,1-3H3,(H,95,96)(H,97,98)/b12-9-,19-16-,20-17-,21-18-,28-25-,29-26-,30-27-,35-33-,38-37-,47-34-,55-53-,59-56-,68-65-.